The number of nitrogens with one attached hydrogen (secondary N) is 1. The van der Waals surface area contributed by atoms with Gasteiger partial charge in [0.2, 0.25) is 0 Å². The minimum Gasteiger partial charge on any atom is -0.346 e. The molecule has 0 atom stereocenters. The number of aryl methyl sites for hydroxylation is 1. The molecule has 0 fully saturated rings. The number of aromatic nitrogens is 1. The van der Waals surface area contributed by atoms with E-state index in [1.54, 1.807) is 23.9 Å². The van der Waals surface area contributed by atoms with Gasteiger partial charge in [0.05, 0.1) is 15.9 Å². The molecule has 0 unspecified atom stereocenters. The van der Waals surface area contributed by atoms with Crippen LogP contribution in [0.25, 0.3) is 0 Å². The van der Waals surface area contributed by atoms with Gasteiger partial charge in [-0.05, 0) is 18.2 Å². The molecule has 2 aromatic rings. The Hall–Kier alpha value is -0.970. The predicted octanol–water partition coefficient (Wildman–Crippen LogP) is 3.32. The number of hydrogen-bond donors (Lipinski definition) is 1. The van der Waals surface area contributed by atoms with E-state index in [0.717, 1.165) is 9.21 Å². The van der Waals surface area contributed by atoms with Gasteiger partial charge in [-0.25, -0.2) is 0 Å². The SMILES string of the molecule is Cn1cc(Cl)cc1C(=O)NCc1ccc(Cl)s1. The first-order chi connectivity index (χ1) is 8.06. The molecule has 0 radical (unpaired) electrons. The number of halogens is 2. The number of rotatable bonds is 3. The van der Waals surface area contributed by atoms with E-state index in [1.165, 1.54) is 11.3 Å². The van der Waals surface area contributed by atoms with Crippen molar-refractivity contribution in [2.75, 3.05) is 0 Å². The van der Waals surface area contributed by atoms with Gasteiger partial charge in [0.1, 0.15) is 5.69 Å². The normalized spacial score (nSPS) is 10.5. The number of carbonyl (C=O) groups excluding carboxylic acids is 1. The Morgan fingerprint density at radius 2 is 2.24 bits per heavy atom. The molecule has 0 aliphatic carbocycles. The van der Waals surface area contributed by atoms with Crippen LogP contribution in [0.1, 0.15) is 15.4 Å². The van der Waals surface area contributed by atoms with Crippen LogP contribution in [-0.4, -0.2) is 10.5 Å². The van der Waals surface area contributed by atoms with E-state index >= 15 is 0 Å². The predicted molar refractivity (Wildman–Crippen MR) is 70.9 cm³/mol. The maximum atomic E-state index is 11.8. The number of amides is 1. The van der Waals surface area contributed by atoms with E-state index in [1.807, 2.05) is 12.1 Å². The third-order valence-electron chi connectivity index (χ3n) is 2.26. The van der Waals surface area contributed by atoms with Crippen LogP contribution in [-0.2, 0) is 13.6 Å². The summed E-state index contributed by atoms with van der Waals surface area (Å²) in [7, 11) is 1.78. The third-order valence-corrected chi connectivity index (χ3v) is 3.69. The van der Waals surface area contributed by atoms with Gasteiger partial charge in [-0.1, -0.05) is 23.2 Å². The van der Waals surface area contributed by atoms with Gasteiger partial charge in [0, 0.05) is 18.1 Å². The number of carbonyl (C=O) groups is 1. The monoisotopic (exact) mass is 288 g/mol. The molecule has 2 heterocycles. The summed E-state index contributed by atoms with van der Waals surface area (Å²) in [6, 6.07) is 5.34. The van der Waals surface area contributed by atoms with Crippen LogP contribution in [0.3, 0.4) is 0 Å². The Kier molecular flexibility index (Phi) is 3.76. The summed E-state index contributed by atoms with van der Waals surface area (Å²) in [5.41, 5.74) is 0.539. The summed E-state index contributed by atoms with van der Waals surface area (Å²) in [6.07, 6.45) is 1.69. The maximum absolute atomic E-state index is 11.8. The topological polar surface area (TPSA) is 34.0 Å². The Morgan fingerprint density at radius 3 is 2.76 bits per heavy atom. The molecule has 2 rings (SSSR count). The molecule has 0 saturated carbocycles. The van der Waals surface area contributed by atoms with Crippen molar-refractivity contribution in [2.45, 2.75) is 6.54 Å². The quantitative estimate of drug-likeness (QED) is 0.924. The number of nitrogens with zero attached hydrogens (tertiary/aromatic N) is 1. The average Bonchev–Trinajstić information content (AvgIpc) is 2.81. The fourth-order valence-electron chi connectivity index (χ4n) is 1.45. The second kappa shape index (κ2) is 5.12. The molecule has 90 valence electrons. The largest absolute Gasteiger partial charge is 0.346 e. The summed E-state index contributed by atoms with van der Waals surface area (Å²) in [6.45, 7) is 0.471. The molecule has 2 aromatic heterocycles. The Morgan fingerprint density at radius 1 is 1.47 bits per heavy atom. The highest BCUT2D eigenvalue weighted by atomic mass is 35.5. The van der Waals surface area contributed by atoms with Gasteiger partial charge >= 0.3 is 0 Å². The van der Waals surface area contributed by atoms with Gasteiger partial charge < -0.3 is 9.88 Å². The molecule has 0 aliphatic heterocycles. The molecule has 0 aliphatic rings. The van der Waals surface area contributed by atoms with Crippen LogP contribution in [0.4, 0.5) is 0 Å². The van der Waals surface area contributed by atoms with Gasteiger partial charge in [-0.15, -0.1) is 11.3 Å². The van der Waals surface area contributed by atoms with Crippen molar-refractivity contribution < 1.29 is 4.79 Å². The lowest BCUT2D eigenvalue weighted by molar-refractivity contribution is 0.0943. The zero-order chi connectivity index (χ0) is 12.4. The minimum atomic E-state index is -0.149. The van der Waals surface area contributed by atoms with Gasteiger partial charge in [0.15, 0.2) is 0 Å². The molecule has 3 nitrogen and oxygen atoms in total. The zero-order valence-corrected chi connectivity index (χ0v) is 11.4. The van der Waals surface area contributed by atoms with Crippen LogP contribution in [0.15, 0.2) is 24.4 Å². The van der Waals surface area contributed by atoms with Crippen molar-refractivity contribution in [2.24, 2.45) is 7.05 Å². The van der Waals surface area contributed by atoms with Crippen molar-refractivity contribution in [3.63, 3.8) is 0 Å². The minimum absolute atomic E-state index is 0.149. The van der Waals surface area contributed by atoms with Crippen molar-refractivity contribution in [3.8, 4) is 0 Å². The van der Waals surface area contributed by atoms with E-state index in [0.29, 0.717) is 17.3 Å². The molecular formula is C11H10Cl2N2OS. The van der Waals surface area contributed by atoms with E-state index < -0.39 is 0 Å². The van der Waals surface area contributed by atoms with Crippen molar-refractivity contribution in [1.29, 1.82) is 0 Å². The average molecular weight is 289 g/mol. The molecule has 1 amide bonds. The lowest BCUT2D eigenvalue weighted by Crippen LogP contribution is -2.24. The van der Waals surface area contributed by atoms with Crippen LogP contribution in [0, 0.1) is 0 Å². The van der Waals surface area contributed by atoms with E-state index in [9.17, 15) is 4.79 Å². The first-order valence-corrected chi connectivity index (χ1v) is 6.48. The Labute approximate surface area is 113 Å². The summed E-state index contributed by atoms with van der Waals surface area (Å²) in [5, 5.41) is 3.37. The van der Waals surface area contributed by atoms with E-state index in [-0.39, 0.29) is 5.91 Å². The van der Waals surface area contributed by atoms with E-state index in [2.05, 4.69) is 5.32 Å². The smallest absolute Gasteiger partial charge is 0.268 e. The van der Waals surface area contributed by atoms with Crippen molar-refractivity contribution in [3.05, 3.63) is 44.3 Å². The maximum Gasteiger partial charge on any atom is 0.268 e. The first kappa shape index (κ1) is 12.5. The van der Waals surface area contributed by atoms with Crippen LogP contribution >= 0.6 is 34.5 Å². The van der Waals surface area contributed by atoms with Crippen LogP contribution < -0.4 is 5.32 Å². The lowest BCUT2D eigenvalue weighted by Gasteiger charge is -2.04. The van der Waals surface area contributed by atoms with Crippen molar-refractivity contribution in [1.82, 2.24) is 9.88 Å². The van der Waals surface area contributed by atoms with Crippen LogP contribution in [0.5, 0.6) is 0 Å². The molecular weight excluding hydrogens is 279 g/mol. The summed E-state index contributed by atoms with van der Waals surface area (Å²) < 4.78 is 2.41. The highest BCUT2D eigenvalue weighted by molar-refractivity contribution is 7.16. The molecule has 0 aromatic carbocycles. The number of hydrogen-bond acceptors (Lipinski definition) is 2. The molecule has 17 heavy (non-hydrogen) atoms. The van der Waals surface area contributed by atoms with Crippen LogP contribution in [0.2, 0.25) is 9.36 Å². The van der Waals surface area contributed by atoms with E-state index in [4.69, 9.17) is 23.2 Å². The highest BCUT2D eigenvalue weighted by Gasteiger charge is 2.11. The molecule has 0 spiro atoms. The molecule has 6 heteroatoms. The first-order valence-electron chi connectivity index (χ1n) is 4.90. The second-order valence-corrected chi connectivity index (χ2v) is 5.78. The van der Waals surface area contributed by atoms with Crippen molar-refractivity contribution >= 4 is 40.4 Å². The Balaban J connectivity index is 2.00. The summed E-state index contributed by atoms with van der Waals surface area (Å²) in [4.78, 5) is 12.9. The van der Waals surface area contributed by atoms with Gasteiger partial charge in [-0.3, -0.25) is 4.79 Å². The van der Waals surface area contributed by atoms with Gasteiger partial charge in [-0.2, -0.15) is 0 Å². The Bertz CT molecular complexity index is 547. The standard InChI is InChI=1S/C11H10Cl2N2OS/c1-15-6-7(12)4-9(15)11(16)14-5-8-2-3-10(13)17-8/h2-4,6H,5H2,1H3,(H,14,16). The molecule has 0 saturated heterocycles. The lowest BCUT2D eigenvalue weighted by atomic mass is 10.4. The highest BCUT2D eigenvalue weighted by Crippen LogP contribution is 2.21. The molecule has 1 N–H and O–H groups in total. The summed E-state index contributed by atoms with van der Waals surface area (Å²) in [5.74, 6) is -0.149. The van der Waals surface area contributed by atoms with Gasteiger partial charge in [0.25, 0.3) is 5.91 Å². The zero-order valence-electron chi connectivity index (χ0n) is 9.04. The number of thiophene rings is 1. The summed E-state index contributed by atoms with van der Waals surface area (Å²) >= 11 is 13.1. The fraction of sp³-hybridized carbons (Fsp3) is 0.182. The fourth-order valence-corrected chi connectivity index (χ4v) is 2.73. The molecule has 0 bridgehead atoms. The second-order valence-electron chi connectivity index (χ2n) is 3.54. The third kappa shape index (κ3) is 3.03.